The van der Waals surface area contributed by atoms with Gasteiger partial charge < -0.3 is 15.1 Å². The van der Waals surface area contributed by atoms with Gasteiger partial charge in [-0.3, -0.25) is 14.7 Å². The number of anilines is 1. The van der Waals surface area contributed by atoms with Crippen LogP contribution in [-0.2, 0) is 4.79 Å². The number of aromatic nitrogens is 2. The normalized spacial score (nSPS) is 10.2. The maximum Gasteiger partial charge on any atom is 0.254 e. The molecule has 2 aromatic rings. The van der Waals surface area contributed by atoms with Crippen LogP contribution >= 0.6 is 0 Å². The number of rotatable bonds is 5. The molecule has 0 saturated heterocycles. The minimum Gasteiger partial charge on any atom is -0.472 e. The van der Waals surface area contributed by atoms with Gasteiger partial charge in [0.2, 0.25) is 5.91 Å². The van der Waals surface area contributed by atoms with E-state index < -0.39 is 0 Å². The van der Waals surface area contributed by atoms with Crippen molar-refractivity contribution in [1.29, 1.82) is 0 Å². The lowest BCUT2D eigenvalue weighted by atomic mass is 10.3. The van der Waals surface area contributed by atoms with E-state index in [0.29, 0.717) is 11.4 Å². The molecule has 0 radical (unpaired) electrons. The van der Waals surface area contributed by atoms with E-state index in [9.17, 15) is 9.59 Å². The van der Waals surface area contributed by atoms with Gasteiger partial charge in [0.25, 0.3) is 5.91 Å². The Morgan fingerprint density at radius 1 is 1.47 bits per heavy atom. The van der Waals surface area contributed by atoms with E-state index in [1.807, 2.05) is 6.92 Å². The molecular formula is C12H14N4O3. The Kier molecular flexibility index (Phi) is 3.97. The fourth-order valence-corrected chi connectivity index (χ4v) is 1.46. The van der Waals surface area contributed by atoms with Crippen LogP contribution in [0.2, 0.25) is 0 Å². The first-order chi connectivity index (χ1) is 9.16. The molecule has 2 rings (SSSR count). The lowest BCUT2D eigenvalue weighted by Crippen LogP contribution is -2.27. The van der Waals surface area contributed by atoms with E-state index in [1.54, 1.807) is 12.3 Å². The molecular weight excluding hydrogens is 248 g/mol. The average molecular weight is 262 g/mol. The SMILES string of the molecule is Cc1cn[nH]c1NC(=O)CCNC(=O)c1ccoc1. The zero-order valence-corrected chi connectivity index (χ0v) is 10.4. The van der Waals surface area contributed by atoms with Crippen molar-refractivity contribution in [2.24, 2.45) is 0 Å². The monoisotopic (exact) mass is 262 g/mol. The van der Waals surface area contributed by atoms with Crippen LogP contribution in [0.5, 0.6) is 0 Å². The summed E-state index contributed by atoms with van der Waals surface area (Å²) in [5.74, 6) is 0.116. The number of hydrogen-bond acceptors (Lipinski definition) is 4. The number of furan rings is 1. The van der Waals surface area contributed by atoms with E-state index in [2.05, 4.69) is 20.8 Å². The number of aryl methyl sites for hydroxylation is 1. The molecule has 3 N–H and O–H groups in total. The van der Waals surface area contributed by atoms with Crippen LogP contribution in [-0.4, -0.2) is 28.6 Å². The molecule has 0 aliphatic carbocycles. The molecule has 0 atom stereocenters. The fourth-order valence-electron chi connectivity index (χ4n) is 1.46. The highest BCUT2D eigenvalue weighted by Gasteiger charge is 2.09. The fraction of sp³-hybridized carbons (Fsp3) is 0.250. The third kappa shape index (κ3) is 3.44. The molecule has 0 aliphatic heterocycles. The summed E-state index contributed by atoms with van der Waals surface area (Å²) >= 11 is 0. The Bertz CT molecular complexity index is 559. The number of amides is 2. The number of aromatic amines is 1. The molecule has 100 valence electrons. The van der Waals surface area contributed by atoms with Gasteiger partial charge in [0.15, 0.2) is 0 Å². The molecule has 2 amide bonds. The van der Waals surface area contributed by atoms with Crippen molar-refractivity contribution in [2.75, 3.05) is 11.9 Å². The van der Waals surface area contributed by atoms with Crippen molar-refractivity contribution in [3.05, 3.63) is 35.9 Å². The molecule has 2 aromatic heterocycles. The van der Waals surface area contributed by atoms with Crippen molar-refractivity contribution in [3.63, 3.8) is 0 Å². The van der Waals surface area contributed by atoms with Crippen molar-refractivity contribution >= 4 is 17.6 Å². The maximum absolute atomic E-state index is 11.6. The van der Waals surface area contributed by atoms with Crippen molar-refractivity contribution < 1.29 is 14.0 Å². The van der Waals surface area contributed by atoms with Gasteiger partial charge in [-0.25, -0.2) is 0 Å². The first-order valence-corrected chi connectivity index (χ1v) is 5.77. The molecule has 7 heteroatoms. The zero-order valence-electron chi connectivity index (χ0n) is 10.4. The second kappa shape index (κ2) is 5.85. The van der Waals surface area contributed by atoms with Gasteiger partial charge in [-0.1, -0.05) is 0 Å². The van der Waals surface area contributed by atoms with Gasteiger partial charge in [0, 0.05) is 18.5 Å². The molecule has 0 saturated carbocycles. The quantitative estimate of drug-likeness (QED) is 0.750. The Hall–Kier alpha value is -2.57. The van der Waals surface area contributed by atoms with Gasteiger partial charge in [0.1, 0.15) is 12.1 Å². The summed E-state index contributed by atoms with van der Waals surface area (Å²) in [4.78, 5) is 23.1. The van der Waals surface area contributed by atoms with Crippen molar-refractivity contribution in [3.8, 4) is 0 Å². The number of H-pyrrole nitrogens is 1. The largest absolute Gasteiger partial charge is 0.472 e. The summed E-state index contributed by atoms with van der Waals surface area (Å²) in [6.07, 6.45) is 4.57. The molecule has 2 heterocycles. The Balaban J connectivity index is 1.73. The standard InChI is InChI=1S/C12H14N4O3/c1-8-6-14-16-11(8)15-10(17)2-4-13-12(18)9-3-5-19-7-9/h3,5-7H,2,4H2,1H3,(H,13,18)(H2,14,15,16,17). The van der Waals surface area contributed by atoms with Crippen LogP contribution in [0.25, 0.3) is 0 Å². The molecule has 7 nitrogen and oxygen atoms in total. The van der Waals surface area contributed by atoms with Crippen LogP contribution in [0.4, 0.5) is 5.82 Å². The Morgan fingerprint density at radius 3 is 2.95 bits per heavy atom. The lowest BCUT2D eigenvalue weighted by molar-refractivity contribution is -0.116. The highest BCUT2D eigenvalue weighted by atomic mass is 16.3. The third-order valence-electron chi connectivity index (χ3n) is 2.51. The van der Waals surface area contributed by atoms with Crippen molar-refractivity contribution in [2.45, 2.75) is 13.3 Å². The maximum atomic E-state index is 11.6. The van der Waals surface area contributed by atoms with Gasteiger partial charge in [-0.2, -0.15) is 5.10 Å². The summed E-state index contributed by atoms with van der Waals surface area (Å²) < 4.78 is 4.80. The number of carbonyl (C=O) groups excluding carboxylic acids is 2. The summed E-state index contributed by atoms with van der Waals surface area (Å²) in [6, 6.07) is 1.56. The smallest absolute Gasteiger partial charge is 0.254 e. The Morgan fingerprint density at radius 2 is 2.32 bits per heavy atom. The lowest BCUT2D eigenvalue weighted by Gasteiger charge is -2.05. The number of carbonyl (C=O) groups is 2. The van der Waals surface area contributed by atoms with E-state index in [4.69, 9.17) is 4.42 Å². The molecule has 0 aromatic carbocycles. The van der Waals surface area contributed by atoms with Crippen molar-refractivity contribution in [1.82, 2.24) is 15.5 Å². The highest BCUT2D eigenvalue weighted by molar-refractivity contribution is 5.94. The second-order valence-electron chi connectivity index (χ2n) is 3.99. The van der Waals surface area contributed by atoms with Crippen LogP contribution in [0.15, 0.2) is 29.2 Å². The molecule has 0 fully saturated rings. The highest BCUT2D eigenvalue weighted by Crippen LogP contribution is 2.08. The summed E-state index contributed by atoms with van der Waals surface area (Å²) in [5, 5.41) is 11.8. The van der Waals surface area contributed by atoms with E-state index >= 15 is 0 Å². The minimum absolute atomic E-state index is 0.183. The minimum atomic E-state index is -0.265. The van der Waals surface area contributed by atoms with Crippen LogP contribution in [0, 0.1) is 6.92 Å². The first kappa shape index (κ1) is 12.9. The van der Waals surface area contributed by atoms with E-state index in [1.165, 1.54) is 12.5 Å². The van der Waals surface area contributed by atoms with Crippen LogP contribution < -0.4 is 10.6 Å². The van der Waals surface area contributed by atoms with Gasteiger partial charge in [-0.15, -0.1) is 0 Å². The number of hydrogen-bond donors (Lipinski definition) is 3. The van der Waals surface area contributed by atoms with Gasteiger partial charge in [0.05, 0.1) is 18.0 Å². The average Bonchev–Trinajstić information content (AvgIpc) is 3.02. The van der Waals surface area contributed by atoms with Gasteiger partial charge >= 0.3 is 0 Å². The van der Waals surface area contributed by atoms with Gasteiger partial charge in [-0.05, 0) is 13.0 Å². The van der Waals surface area contributed by atoms with Crippen LogP contribution in [0.3, 0.4) is 0 Å². The summed E-state index contributed by atoms with van der Waals surface area (Å²) in [6.45, 7) is 2.09. The molecule has 0 bridgehead atoms. The Labute approximate surface area is 109 Å². The number of nitrogens with one attached hydrogen (secondary N) is 3. The predicted octanol–water partition coefficient (Wildman–Crippen LogP) is 1.07. The molecule has 0 aliphatic rings. The van der Waals surface area contributed by atoms with Crippen LogP contribution in [0.1, 0.15) is 22.3 Å². The third-order valence-corrected chi connectivity index (χ3v) is 2.51. The topological polar surface area (TPSA) is 100 Å². The zero-order chi connectivity index (χ0) is 13.7. The summed E-state index contributed by atoms with van der Waals surface area (Å²) in [5.41, 5.74) is 1.29. The van der Waals surface area contributed by atoms with E-state index in [0.717, 1.165) is 5.56 Å². The molecule has 19 heavy (non-hydrogen) atoms. The first-order valence-electron chi connectivity index (χ1n) is 5.77. The summed E-state index contributed by atoms with van der Waals surface area (Å²) in [7, 11) is 0. The number of nitrogens with zero attached hydrogens (tertiary/aromatic N) is 1. The molecule has 0 unspecified atom stereocenters. The second-order valence-corrected chi connectivity index (χ2v) is 3.99. The molecule has 0 spiro atoms. The van der Waals surface area contributed by atoms with E-state index in [-0.39, 0.29) is 24.8 Å². The predicted molar refractivity (Wildman–Crippen MR) is 67.6 cm³/mol.